The van der Waals surface area contributed by atoms with Crippen molar-refractivity contribution in [3.05, 3.63) is 29.8 Å². The summed E-state index contributed by atoms with van der Waals surface area (Å²) in [7, 11) is 1.69. The molecule has 1 fully saturated rings. The van der Waals surface area contributed by atoms with E-state index in [1.165, 1.54) is 5.56 Å². The van der Waals surface area contributed by atoms with E-state index in [2.05, 4.69) is 36.2 Å². The number of carbonyl (C=O) groups excluding carboxylic acids is 1. The molecule has 1 aliphatic rings. The third-order valence-electron chi connectivity index (χ3n) is 5.25. The van der Waals surface area contributed by atoms with E-state index in [9.17, 15) is 4.79 Å². The molecule has 1 N–H and O–H groups in total. The smallest absolute Gasteiger partial charge is 0.222 e. The van der Waals surface area contributed by atoms with Crippen molar-refractivity contribution >= 4 is 5.91 Å². The molecule has 26 heavy (non-hydrogen) atoms. The zero-order valence-corrected chi connectivity index (χ0v) is 16.7. The molecule has 0 aliphatic carbocycles. The van der Waals surface area contributed by atoms with E-state index >= 15 is 0 Å². The largest absolute Gasteiger partial charge is 0.497 e. The zero-order chi connectivity index (χ0) is 18.8. The van der Waals surface area contributed by atoms with Crippen LogP contribution < -0.4 is 10.1 Å². The normalized spacial score (nSPS) is 16.4. The predicted octanol–water partition coefficient (Wildman–Crippen LogP) is 2.55. The minimum absolute atomic E-state index is 0.313. The van der Waals surface area contributed by atoms with Crippen LogP contribution in [0.25, 0.3) is 0 Å². The molecule has 1 unspecified atom stereocenters. The number of likely N-dealkylation sites (N-methyl/N-ethyl adjacent to an activating group) is 1. The van der Waals surface area contributed by atoms with E-state index in [1.807, 2.05) is 17.0 Å². The van der Waals surface area contributed by atoms with Gasteiger partial charge in [0.05, 0.1) is 7.11 Å². The third-order valence-corrected chi connectivity index (χ3v) is 5.25. The molecule has 0 saturated carbocycles. The maximum Gasteiger partial charge on any atom is 0.222 e. The van der Waals surface area contributed by atoms with Crippen LogP contribution in [0.4, 0.5) is 0 Å². The molecule has 1 aromatic rings. The van der Waals surface area contributed by atoms with E-state index < -0.39 is 0 Å². The molecule has 1 amide bonds. The van der Waals surface area contributed by atoms with Crippen LogP contribution in [0.2, 0.25) is 0 Å². The number of nitrogens with one attached hydrogen (secondary N) is 1. The quantitative estimate of drug-likeness (QED) is 0.734. The molecule has 1 saturated heterocycles. The second kappa shape index (κ2) is 11.2. The van der Waals surface area contributed by atoms with Gasteiger partial charge in [0.1, 0.15) is 5.75 Å². The first kappa shape index (κ1) is 20.7. The van der Waals surface area contributed by atoms with E-state index in [4.69, 9.17) is 4.74 Å². The first-order valence-electron chi connectivity index (χ1n) is 9.99. The highest BCUT2D eigenvalue weighted by Gasteiger charge is 2.17. The van der Waals surface area contributed by atoms with Gasteiger partial charge in [-0.25, -0.2) is 0 Å². The first-order valence-corrected chi connectivity index (χ1v) is 9.99. The Morgan fingerprint density at radius 1 is 1.27 bits per heavy atom. The molecule has 5 nitrogen and oxygen atoms in total. The minimum Gasteiger partial charge on any atom is -0.497 e. The predicted molar refractivity (Wildman–Crippen MR) is 107 cm³/mol. The van der Waals surface area contributed by atoms with Crippen molar-refractivity contribution in [2.75, 3.05) is 46.4 Å². The average Bonchev–Trinajstić information content (AvgIpc) is 2.95. The fourth-order valence-corrected chi connectivity index (χ4v) is 3.61. The molecule has 1 atom stereocenters. The number of nitrogens with zero attached hydrogens (tertiary/aromatic N) is 2. The number of hydrogen-bond donors (Lipinski definition) is 1. The molecule has 146 valence electrons. The van der Waals surface area contributed by atoms with E-state index in [0.29, 0.717) is 18.4 Å². The Bertz CT molecular complexity index is 525. The monoisotopic (exact) mass is 361 g/mol. The van der Waals surface area contributed by atoms with Crippen LogP contribution in [0.15, 0.2) is 24.3 Å². The van der Waals surface area contributed by atoms with Crippen LogP contribution >= 0.6 is 0 Å². The number of hydrogen-bond acceptors (Lipinski definition) is 4. The highest BCUT2D eigenvalue weighted by atomic mass is 16.5. The highest BCUT2D eigenvalue weighted by molar-refractivity contribution is 5.76. The lowest BCUT2D eigenvalue weighted by Crippen LogP contribution is -2.37. The number of benzene rings is 1. The molecule has 0 aromatic heterocycles. The van der Waals surface area contributed by atoms with Gasteiger partial charge in [-0.1, -0.05) is 19.1 Å². The number of rotatable bonds is 9. The Labute approximate surface area is 158 Å². The second-order valence-electron chi connectivity index (χ2n) is 7.12. The maximum atomic E-state index is 12.4. The maximum absolute atomic E-state index is 12.4. The van der Waals surface area contributed by atoms with Gasteiger partial charge in [-0.05, 0) is 63.5 Å². The van der Waals surface area contributed by atoms with Crippen LogP contribution in [-0.4, -0.2) is 68.1 Å². The summed E-state index contributed by atoms with van der Waals surface area (Å²) in [5, 5.41) is 3.35. The molecular weight excluding hydrogens is 326 g/mol. The van der Waals surface area contributed by atoms with Crippen molar-refractivity contribution in [2.24, 2.45) is 0 Å². The molecule has 5 heteroatoms. The topological polar surface area (TPSA) is 44.8 Å². The van der Waals surface area contributed by atoms with Crippen LogP contribution in [0.3, 0.4) is 0 Å². The molecule has 2 rings (SSSR count). The van der Waals surface area contributed by atoms with Gasteiger partial charge in [-0.3, -0.25) is 4.79 Å². The summed E-state index contributed by atoms with van der Waals surface area (Å²) in [5.41, 5.74) is 1.32. The van der Waals surface area contributed by atoms with Gasteiger partial charge >= 0.3 is 0 Å². The van der Waals surface area contributed by atoms with E-state index in [1.54, 1.807) is 7.11 Å². The van der Waals surface area contributed by atoms with Gasteiger partial charge in [-0.2, -0.15) is 0 Å². The summed E-state index contributed by atoms with van der Waals surface area (Å²) in [4.78, 5) is 16.9. The van der Waals surface area contributed by atoms with Gasteiger partial charge in [0.2, 0.25) is 5.91 Å². The molecular formula is C21H35N3O2. The van der Waals surface area contributed by atoms with Crippen molar-refractivity contribution in [2.45, 2.75) is 45.6 Å². The van der Waals surface area contributed by atoms with Crippen LogP contribution in [0.1, 0.15) is 38.7 Å². The third kappa shape index (κ3) is 6.61. The van der Waals surface area contributed by atoms with Crippen molar-refractivity contribution < 1.29 is 9.53 Å². The second-order valence-corrected chi connectivity index (χ2v) is 7.12. The Kier molecular flexibility index (Phi) is 8.92. The molecule has 0 spiro atoms. The Morgan fingerprint density at radius 2 is 2.04 bits per heavy atom. The number of ether oxygens (including phenoxy) is 1. The molecule has 1 heterocycles. The molecule has 0 bridgehead atoms. The number of methoxy groups -OCH3 is 1. The van der Waals surface area contributed by atoms with Gasteiger partial charge in [0.15, 0.2) is 0 Å². The van der Waals surface area contributed by atoms with Gasteiger partial charge in [0.25, 0.3) is 0 Å². The standard InChI is InChI=1S/C21H35N3O2/c1-4-23(18(2)17-19-8-10-20(26-3)11-9-19)14-5-7-21(25)24-15-6-12-22-13-16-24/h8-11,18,22H,4-7,12-17H2,1-3H3. The summed E-state index contributed by atoms with van der Waals surface area (Å²) in [6.45, 7) is 10.2. The summed E-state index contributed by atoms with van der Waals surface area (Å²) in [6.07, 6.45) is 3.67. The lowest BCUT2D eigenvalue weighted by Gasteiger charge is -2.28. The molecule has 0 radical (unpaired) electrons. The van der Waals surface area contributed by atoms with Crippen LogP contribution in [-0.2, 0) is 11.2 Å². The summed E-state index contributed by atoms with van der Waals surface area (Å²) in [5.74, 6) is 1.21. The number of amides is 1. The van der Waals surface area contributed by atoms with Crippen molar-refractivity contribution in [1.82, 2.24) is 15.1 Å². The van der Waals surface area contributed by atoms with E-state index in [0.717, 1.165) is 64.3 Å². The lowest BCUT2D eigenvalue weighted by atomic mass is 10.1. The molecule has 1 aromatic carbocycles. The highest BCUT2D eigenvalue weighted by Crippen LogP contribution is 2.15. The Balaban J connectivity index is 1.75. The van der Waals surface area contributed by atoms with Crippen LogP contribution in [0.5, 0.6) is 5.75 Å². The average molecular weight is 362 g/mol. The SMILES string of the molecule is CCN(CCCC(=O)N1CCCNCC1)C(C)Cc1ccc(OC)cc1. The van der Waals surface area contributed by atoms with E-state index in [-0.39, 0.29) is 0 Å². The lowest BCUT2D eigenvalue weighted by molar-refractivity contribution is -0.131. The van der Waals surface area contributed by atoms with Gasteiger partial charge in [-0.15, -0.1) is 0 Å². The van der Waals surface area contributed by atoms with Crippen molar-refractivity contribution in [3.63, 3.8) is 0 Å². The molecule has 1 aliphatic heterocycles. The van der Waals surface area contributed by atoms with Crippen molar-refractivity contribution in [3.8, 4) is 5.75 Å². The summed E-state index contributed by atoms with van der Waals surface area (Å²) >= 11 is 0. The first-order chi connectivity index (χ1) is 12.6. The fraction of sp³-hybridized carbons (Fsp3) is 0.667. The minimum atomic E-state index is 0.313. The zero-order valence-electron chi connectivity index (χ0n) is 16.7. The number of carbonyl (C=O) groups is 1. The fourth-order valence-electron chi connectivity index (χ4n) is 3.61. The Morgan fingerprint density at radius 3 is 2.73 bits per heavy atom. The summed E-state index contributed by atoms with van der Waals surface area (Å²) < 4.78 is 5.23. The van der Waals surface area contributed by atoms with Crippen LogP contribution in [0, 0.1) is 0 Å². The Hall–Kier alpha value is -1.59. The van der Waals surface area contributed by atoms with Crippen molar-refractivity contribution in [1.29, 1.82) is 0 Å². The van der Waals surface area contributed by atoms with Gasteiger partial charge < -0.3 is 19.9 Å². The summed E-state index contributed by atoms with van der Waals surface area (Å²) in [6, 6.07) is 8.78. The van der Waals surface area contributed by atoms with Gasteiger partial charge in [0, 0.05) is 32.1 Å².